The molecular formula is C23H33N3O7. The predicted molar refractivity (Wildman–Crippen MR) is 121 cm³/mol. The van der Waals surface area contributed by atoms with E-state index in [4.69, 9.17) is 19.9 Å². The van der Waals surface area contributed by atoms with Gasteiger partial charge in [-0.15, -0.1) is 0 Å². The van der Waals surface area contributed by atoms with Crippen LogP contribution in [0.4, 0.5) is 4.79 Å². The van der Waals surface area contributed by atoms with Gasteiger partial charge in [-0.1, -0.05) is 44.2 Å². The van der Waals surface area contributed by atoms with E-state index in [-0.39, 0.29) is 31.1 Å². The minimum atomic E-state index is -1.42. The molecule has 10 heteroatoms. The third-order valence-corrected chi connectivity index (χ3v) is 4.55. The van der Waals surface area contributed by atoms with E-state index >= 15 is 0 Å². The van der Waals surface area contributed by atoms with Crippen molar-refractivity contribution in [1.82, 2.24) is 10.6 Å². The Balaban J connectivity index is 3.30. The summed E-state index contributed by atoms with van der Waals surface area (Å²) in [6.07, 6.45) is -3.34. The maximum Gasteiger partial charge on any atom is 0.405 e. The van der Waals surface area contributed by atoms with Crippen molar-refractivity contribution >= 4 is 23.9 Å². The van der Waals surface area contributed by atoms with Crippen LogP contribution in [0.2, 0.25) is 0 Å². The lowest BCUT2D eigenvalue weighted by atomic mass is 9.99. The molecule has 182 valence electrons. The molecule has 0 spiro atoms. The maximum atomic E-state index is 13.0. The minimum Gasteiger partial charge on any atom is -0.490 e. The summed E-state index contributed by atoms with van der Waals surface area (Å²) in [4.78, 5) is 49.5. The van der Waals surface area contributed by atoms with Crippen molar-refractivity contribution in [3.8, 4) is 0 Å². The Morgan fingerprint density at radius 3 is 2.21 bits per heavy atom. The molecule has 3 amide bonds. The largest absolute Gasteiger partial charge is 0.490 e. The monoisotopic (exact) mass is 463 g/mol. The Hall–Kier alpha value is -3.56. The van der Waals surface area contributed by atoms with E-state index in [9.17, 15) is 19.2 Å². The van der Waals surface area contributed by atoms with Gasteiger partial charge >= 0.3 is 12.1 Å². The van der Waals surface area contributed by atoms with Crippen LogP contribution in [0.15, 0.2) is 42.7 Å². The summed E-state index contributed by atoms with van der Waals surface area (Å²) in [6, 6.07) is 8.02. The van der Waals surface area contributed by atoms with Crippen LogP contribution >= 0.6 is 0 Å². The van der Waals surface area contributed by atoms with Gasteiger partial charge in [0, 0.05) is 6.54 Å². The number of amides is 3. The van der Waals surface area contributed by atoms with Gasteiger partial charge in [-0.05, 0) is 37.8 Å². The van der Waals surface area contributed by atoms with Gasteiger partial charge in [0.1, 0.15) is 0 Å². The number of nitrogens with two attached hydrogens (primary N) is 1. The number of rotatable bonds is 13. The van der Waals surface area contributed by atoms with E-state index in [1.54, 1.807) is 31.2 Å². The van der Waals surface area contributed by atoms with Gasteiger partial charge in [-0.2, -0.15) is 0 Å². The highest BCUT2D eigenvalue weighted by Gasteiger charge is 2.36. The van der Waals surface area contributed by atoms with Crippen LogP contribution in [-0.2, 0) is 35.0 Å². The van der Waals surface area contributed by atoms with Gasteiger partial charge in [-0.25, -0.2) is 9.59 Å². The SMILES string of the molecule is C=C(OC)C(=O)OC(C(=O)NCC)[C@H](Cc1ccccc1)NC(=O)[C@H](CC(C)C)OC(N)=O. The number of esters is 1. The van der Waals surface area contributed by atoms with Crippen molar-refractivity contribution in [3.05, 3.63) is 48.2 Å². The second-order valence-electron chi connectivity index (χ2n) is 7.71. The predicted octanol–water partition coefficient (Wildman–Crippen LogP) is 1.43. The first kappa shape index (κ1) is 27.5. The van der Waals surface area contributed by atoms with E-state index in [2.05, 4.69) is 17.2 Å². The van der Waals surface area contributed by atoms with Crippen LogP contribution < -0.4 is 16.4 Å². The third-order valence-electron chi connectivity index (χ3n) is 4.55. The van der Waals surface area contributed by atoms with E-state index in [0.717, 1.165) is 5.56 Å². The van der Waals surface area contributed by atoms with Crippen LogP contribution in [0.3, 0.4) is 0 Å². The van der Waals surface area contributed by atoms with Crippen LogP contribution in [0.5, 0.6) is 0 Å². The molecule has 10 nitrogen and oxygen atoms in total. The highest BCUT2D eigenvalue weighted by Crippen LogP contribution is 2.14. The highest BCUT2D eigenvalue weighted by atomic mass is 16.6. The number of methoxy groups -OCH3 is 1. The lowest BCUT2D eigenvalue weighted by Gasteiger charge is -2.29. The Bertz CT molecular complexity index is 827. The standard InChI is InChI=1S/C23H33N3O7/c1-6-25-21(28)19(33-22(29)15(4)31-5)17(13-16-10-8-7-9-11-16)26-20(27)18(12-14(2)3)32-23(24)30/h7-11,14,17-19H,4,6,12-13H2,1-3,5H3,(H2,24,30)(H,25,28)(H,26,27)/t17-,18-,19?/m0/s1. The summed E-state index contributed by atoms with van der Waals surface area (Å²) in [5.74, 6) is -2.53. The number of nitrogens with one attached hydrogen (secondary N) is 2. The zero-order valence-electron chi connectivity index (χ0n) is 19.5. The van der Waals surface area contributed by atoms with Crippen LogP contribution in [0.25, 0.3) is 0 Å². The molecule has 33 heavy (non-hydrogen) atoms. The molecule has 0 aliphatic rings. The number of carbonyl (C=O) groups is 4. The number of primary amides is 1. The van der Waals surface area contributed by atoms with E-state index < -0.39 is 42.1 Å². The number of hydrogen-bond acceptors (Lipinski definition) is 7. The molecule has 1 rings (SSSR count). The summed E-state index contributed by atoms with van der Waals surface area (Å²) >= 11 is 0. The average molecular weight is 464 g/mol. The molecule has 0 bridgehead atoms. The normalized spacial score (nSPS) is 13.2. The highest BCUT2D eigenvalue weighted by molar-refractivity contribution is 5.91. The van der Waals surface area contributed by atoms with Gasteiger partial charge in [-0.3, -0.25) is 9.59 Å². The molecule has 1 aromatic carbocycles. The summed E-state index contributed by atoms with van der Waals surface area (Å²) in [6.45, 7) is 9.11. The smallest absolute Gasteiger partial charge is 0.405 e. The first-order chi connectivity index (χ1) is 15.6. The van der Waals surface area contributed by atoms with E-state index in [0.29, 0.717) is 0 Å². The topological polar surface area (TPSA) is 146 Å². The first-order valence-corrected chi connectivity index (χ1v) is 10.6. The lowest BCUT2D eigenvalue weighted by molar-refractivity contribution is -0.157. The molecule has 0 heterocycles. The quantitative estimate of drug-likeness (QED) is 0.228. The summed E-state index contributed by atoms with van der Waals surface area (Å²) < 4.78 is 15.2. The summed E-state index contributed by atoms with van der Waals surface area (Å²) in [5, 5.41) is 5.30. The zero-order chi connectivity index (χ0) is 25.0. The molecule has 0 fully saturated rings. The Morgan fingerprint density at radius 2 is 1.70 bits per heavy atom. The van der Waals surface area contributed by atoms with Crippen molar-refractivity contribution in [2.45, 2.75) is 51.9 Å². The van der Waals surface area contributed by atoms with Crippen molar-refractivity contribution in [2.24, 2.45) is 11.7 Å². The molecule has 4 N–H and O–H groups in total. The van der Waals surface area contributed by atoms with Gasteiger partial charge in [0.25, 0.3) is 11.8 Å². The fraction of sp³-hybridized carbons (Fsp3) is 0.478. The maximum absolute atomic E-state index is 13.0. The van der Waals surface area contributed by atoms with E-state index in [1.807, 2.05) is 19.9 Å². The van der Waals surface area contributed by atoms with Gasteiger partial charge < -0.3 is 30.6 Å². The van der Waals surface area contributed by atoms with E-state index in [1.165, 1.54) is 7.11 Å². The number of hydrogen-bond donors (Lipinski definition) is 3. The molecule has 0 radical (unpaired) electrons. The molecular weight excluding hydrogens is 430 g/mol. The Morgan fingerprint density at radius 1 is 1.06 bits per heavy atom. The fourth-order valence-electron chi connectivity index (χ4n) is 3.01. The van der Waals surface area contributed by atoms with Crippen molar-refractivity contribution < 1.29 is 33.4 Å². The molecule has 0 aromatic heterocycles. The summed E-state index contributed by atoms with van der Waals surface area (Å²) in [7, 11) is 1.24. The second-order valence-corrected chi connectivity index (χ2v) is 7.71. The Kier molecular flexibility index (Phi) is 11.5. The number of ether oxygens (including phenoxy) is 3. The Labute approximate surface area is 193 Å². The fourth-order valence-corrected chi connectivity index (χ4v) is 3.01. The molecule has 3 atom stereocenters. The second kappa shape index (κ2) is 13.8. The molecule has 1 aromatic rings. The number of benzene rings is 1. The third kappa shape index (κ3) is 9.63. The zero-order valence-corrected chi connectivity index (χ0v) is 19.5. The average Bonchev–Trinajstić information content (AvgIpc) is 2.75. The molecule has 0 aliphatic heterocycles. The molecule has 0 saturated carbocycles. The lowest BCUT2D eigenvalue weighted by Crippen LogP contribution is -2.56. The van der Waals surface area contributed by atoms with Crippen LogP contribution in [-0.4, -0.2) is 55.8 Å². The van der Waals surface area contributed by atoms with Gasteiger partial charge in [0.2, 0.25) is 6.10 Å². The van der Waals surface area contributed by atoms with Crippen LogP contribution in [0, 0.1) is 5.92 Å². The van der Waals surface area contributed by atoms with Crippen LogP contribution in [0.1, 0.15) is 32.8 Å². The number of likely N-dealkylation sites (N-methyl/N-ethyl adjacent to an activating group) is 1. The van der Waals surface area contributed by atoms with Crippen molar-refractivity contribution in [2.75, 3.05) is 13.7 Å². The minimum absolute atomic E-state index is 0.00900. The summed E-state index contributed by atoms with van der Waals surface area (Å²) in [5.41, 5.74) is 5.90. The van der Waals surface area contributed by atoms with Crippen molar-refractivity contribution in [1.29, 1.82) is 0 Å². The first-order valence-electron chi connectivity index (χ1n) is 10.6. The van der Waals surface area contributed by atoms with Gasteiger partial charge in [0.15, 0.2) is 11.9 Å². The van der Waals surface area contributed by atoms with Crippen molar-refractivity contribution in [3.63, 3.8) is 0 Å². The molecule has 0 aliphatic carbocycles. The van der Waals surface area contributed by atoms with Gasteiger partial charge in [0.05, 0.1) is 13.2 Å². The molecule has 0 saturated heterocycles. The number of carbonyl (C=O) groups excluding carboxylic acids is 4. The molecule has 1 unspecified atom stereocenters.